The average molecular weight is 548 g/mol. The van der Waals surface area contributed by atoms with Gasteiger partial charge in [0.1, 0.15) is 17.5 Å². The highest BCUT2D eigenvalue weighted by molar-refractivity contribution is 7.92. The molecule has 0 saturated carbocycles. The largest absolute Gasteiger partial charge is 0.497 e. The van der Waals surface area contributed by atoms with Crippen LogP contribution < -0.4 is 19.1 Å². The van der Waals surface area contributed by atoms with Crippen molar-refractivity contribution in [2.45, 2.75) is 65.1 Å². The van der Waals surface area contributed by atoms with E-state index in [1.54, 1.807) is 43.4 Å². The number of amides is 2. The van der Waals surface area contributed by atoms with Crippen LogP contribution in [0.5, 0.6) is 11.5 Å². The molecule has 1 N–H and O–H groups in total. The van der Waals surface area contributed by atoms with Crippen molar-refractivity contribution in [3.8, 4) is 11.5 Å². The van der Waals surface area contributed by atoms with Gasteiger partial charge < -0.3 is 19.7 Å². The lowest BCUT2D eigenvalue weighted by Crippen LogP contribution is -2.50. The number of hydrogen-bond acceptors (Lipinski definition) is 6. The van der Waals surface area contributed by atoms with Gasteiger partial charge in [-0.05, 0) is 68.1 Å². The molecule has 0 aromatic heterocycles. The summed E-state index contributed by atoms with van der Waals surface area (Å²) in [5.74, 6) is 0.912. The lowest BCUT2D eigenvalue weighted by atomic mass is 10.1. The Morgan fingerprint density at radius 2 is 1.47 bits per heavy atom. The van der Waals surface area contributed by atoms with Gasteiger partial charge in [0.15, 0.2) is 0 Å². The van der Waals surface area contributed by atoms with Gasteiger partial charge in [-0.2, -0.15) is 0 Å². The molecule has 9 nitrogen and oxygen atoms in total. The third kappa shape index (κ3) is 8.93. The first kappa shape index (κ1) is 31.0. The lowest BCUT2D eigenvalue weighted by Gasteiger charge is -2.32. The van der Waals surface area contributed by atoms with Crippen LogP contribution in [0.25, 0.3) is 0 Å². The van der Waals surface area contributed by atoms with Crippen LogP contribution in [-0.2, 0) is 26.2 Å². The highest BCUT2D eigenvalue weighted by atomic mass is 32.2. The van der Waals surface area contributed by atoms with Crippen LogP contribution >= 0.6 is 0 Å². The van der Waals surface area contributed by atoms with Crippen molar-refractivity contribution < 1.29 is 27.5 Å². The first-order chi connectivity index (χ1) is 18.0. The molecule has 0 spiro atoms. The Morgan fingerprint density at radius 3 is 1.95 bits per heavy atom. The highest BCUT2D eigenvalue weighted by Crippen LogP contribution is 2.23. The van der Waals surface area contributed by atoms with E-state index in [4.69, 9.17) is 9.47 Å². The number of hydrogen-bond donors (Lipinski definition) is 1. The van der Waals surface area contributed by atoms with Gasteiger partial charge in [0.05, 0.1) is 26.2 Å². The Morgan fingerprint density at radius 1 is 0.921 bits per heavy atom. The van der Waals surface area contributed by atoms with E-state index < -0.39 is 16.1 Å². The third-order valence-corrected chi connectivity index (χ3v) is 7.61. The van der Waals surface area contributed by atoms with Crippen LogP contribution in [-0.4, -0.2) is 64.2 Å². The number of sulfonamides is 1. The molecule has 0 radical (unpaired) electrons. The summed E-state index contributed by atoms with van der Waals surface area (Å²) in [5.41, 5.74) is 1.36. The quantitative estimate of drug-likeness (QED) is 0.362. The van der Waals surface area contributed by atoms with Gasteiger partial charge in [-0.25, -0.2) is 8.42 Å². The van der Waals surface area contributed by atoms with Crippen molar-refractivity contribution >= 4 is 27.5 Å². The van der Waals surface area contributed by atoms with Crippen molar-refractivity contribution in [2.24, 2.45) is 0 Å². The van der Waals surface area contributed by atoms with Gasteiger partial charge in [-0.1, -0.05) is 26.0 Å². The smallest absolute Gasteiger partial charge is 0.243 e. The average Bonchev–Trinajstić information content (AvgIpc) is 2.90. The number of carbonyl (C=O) groups excluding carboxylic acids is 2. The Bertz CT molecular complexity index is 1140. The molecule has 2 amide bonds. The minimum atomic E-state index is -3.57. The van der Waals surface area contributed by atoms with Crippen molar-refractivity contribution in [3.05, 3.63) is 54.1 Å². The molecule has 2 rings (SSSR count). The zero-order valence-electron chi connectivity index (χ0n) is 23.3. The zero-order valence-corrected chi connectivity index (χ0v) is 24.1. The molecule has 2 aromatic rings. The molecule has 0 fully saturated rings. The summed E-state index contributed by atoms with van der Waals surface area (Å²) in [6.45, 7) is 6.18. The maximum atomic E-state index is 13.5. The summed E-state index contributed by atoms with van der Waals surface area (Å²) in [6.07, 6.45) is 2.75. The first-order valence-corrected chi connectivity index (χ1v) is 14.7. The van der Waals surface area contributed by atoms with E-state index in [0.717, 1.165) is 18.2 Å². The Balaban J connectivity index is 2.22. The van der Waals surface area contributed by atoms with Crippen LogP contribution in [0.15, 0.2) is 48.5 Å². The summed E-state index contributed by atoms with van der Waals surface area (Å²) in [7, 11) is -0.443. The van der Waals surface area contributed by atoms with Crippen LogP contribution in [0.4, 0.5) is 5.69 Å². The number of nitrogens with one attached hydrogen (secondary N) is 1. The lowest BCUT2D eigenvalue weighted by molar-refractivity contribution is -0.141. The molecular formula is C28H41N3O6S. The van der Waals surface area contributed by atoms with Crippen molar-refractivity contribution in [2.75, 3.05) is 31.3 Å². The van der Waals surface area contributed by atoms with Crippen LogP contribution in [0.2, 0.25) is 0 Å². The van der Waals surface area contributed by atoms with E-state index in [1.807, 2.05) is 45.0 Å². The second kappa shape index (κ2) is 14.6. The van der Waals surface area contributed by atoms with Gasteiger partial charge in [0.2, 0.25) is 21.8 Å². The topological polar surface area (TPSA) is 105 Å². The van der Waals surface area contributed by atoms with Gasteiger partial charge in [-0.15, -0.1) is 0 Å². The van der Waals surface area contributed by atoms with E-state index in [0.29, 0.717) is 30.0 Å². The zero-order chi connectivity index (χ0) is 28.3. The molecule has 2 unspecified atom stereocenters. The van der Waals surface area contributed by atoms with Gasteiger partial charge in [0, 0.05) is 25.6 Å². The predicted octanol–water partition coefficient (Wildman–Crippen LogP) is 3.97. The maximum absolute atomic E-state index is 13.5. The minimum Gasteiger partial charge on any atom is -0.497 e. The number of methoxy groups -OCH3 is 2. The van der Waals surface area contributed by atoms with Crippen molar-refractivity contribution in [1.82, 2.24) is 10.2 Å². The monoisotopic (exact) mass is 547 g/mol. The van der Waals surface area contributed by atoms with E-state index in [2.05, 4.69) is 5.32 Å². The fourth-order valence-corrected chi connectivity index (χ4v) is 5.01. The molecule has 2 aromatic carbocycles. The number of rotatable bonds is 15. The Labute approximate surface area is 227 Å². The molecule has 10 heteroatoms. The fourth-order valence-electron chi connectivity index (χ4n) is 4.04. The summed E-state index contributed by atoms with van der Waals surface area (Å²) in [5, 5.41) is 2.99. The van der Waals surface area contributed by atoms with Crippen LogP contribution in [0, 0.1) is 0 Å². The number of carbonyl (C=O) groups is 2. The standard InChI is InChI=1S/C28H41N3O6S/c1-7-21(3)29-28(33)26(8-2)30(20-22-11-15-24(36-4)16-12-22)27(32)10-9-19-31(38(6,34)35)23-13-17-25(37-5)18-14-23/h11-18,21,26H,7-10,19-20H2,1-6H3,(H,29,33). The van der Waals surface area contributed by atoms with Crippen LogP contribution in [0.3, 0.4) is 0 Å². The molecule has 0 saturated heterocycles. The van der Waals surface area contributed by atoms with E-state index in [-0.39, 0.29) is 37.4 Å². The molecule has 0 aliphatic rings. The minimum absolute atomic E-state index is 0.0118. The maximum Gasteiger partial charge on any atom is 0.243 e. The van der Waals surface area contributed by atoms with E-state index >= 15 is 0 Å². The van der Waals surface area contributed by atoms with Gasteiger partial charge in [0.25, 0.3) is 0 Å². The second-order valence-corrected chi connectivity index (χ2v) is 11.2. The number of nitrogens with zero attached hydrogens (tertiary/aromatic N) is 2. The van der Waals surface area contributed by atoms with E-state index in [1.165, 1.54) is 4.31 Å². The Hall–Kier alpha value is -3.27. The van der Waals surface area contributed by atoms with E-state index in [9.17, 15) is 18.0 Å². The number of ether oxygens (including phenoxy) is 2. The molecule has 38 heavy (non-hydrogen) atoms. The molecule has 0 bridgehead atoms. The predicted molar refractivity (Wildman–Crippen MR) is 150 cm³/mol. The molecular weight excluding hydrogens is 506 g/mol. The van der Waals surface area contributed by atoms with Crippen molar-refractivity contribution in [3.63, 3.8) is 0 Å². The van der Waals surface area contributed by atoms with Crippen molar-refractivity contribution in [1.29, 1.82) is 0 Å². The van der Waals surface area contributed by atoms with Gasteiger partial charge in [-0.3, -0.25) is 13.9 Å². The Kier molecular flexibility index (Phi) is 11.9. The molecule has 0 heterocycles. The fraction of sp³-hybridized carbons (Fsp3) is 0.500. The summed E-state index contributed by atoms with van der Waals surface area (Å²) in [4.78, 5) is 28.2. The number of anilines is 1. The summed E-state index contributed by atoms with van der Waals surface area (Å²) < 4.78 is 36.7. The summed E-state index contributed by atoms with van der Waals surface area (Å²) in [6, 6.07) is 13.4. The normalized spacial score (nSPS) is 12.8. The molecule has 2 atom stereocenters. The summed E-state index contributed by atoms with van der Waals surface area (Å²) >= 11 is 0. The third-order valence-electron chi connectivity index (χ3n) is 6.41. The SMILES string of the molecule is CCC(C)NC(=O)C(CC)N(Cc1ccc(OC)cc1)C(=O)CCCN(c1ccc(OC)cc1)S(C)(=O)=O. The molecule has 0 aliphatic heterocycles. The molecule has 210 valence electrons. The van der Waals surface area contributed by atoms with Crippen LogP contribution in [0.1, 0.15) is 52.0 Å². The van der Waals surface area contributed by atoms with Gasteiger partial charge >= 0.3 is 0 Å². The second-order valence-electron chi connectivity index (χ2n) is 9.25. The highest BCUT2D eigenvalue weighted by Gasteiger charge is 2.29. The number of benzene rings is 2. The first-order valence-electron chi connectivity index (χ1n) is 12.9. The molecule has 0 aliphatic carbocycles.